The number of benzene rings is 3. The minimum atomic E-state index is -0.248. The average molecular weight is 352 g/mol. The summed E-state index contributed by atoms with van der Waals surface area (Å²) in [7, 11) is 0. The van der Waals surface area contributed by atoms with E-state index in [-0.39, 0.29) is 5.92 Å². The molecule has 0 fully saturated rings. The third-order valence-electron chi connectivity index (χ3n) is 4.90. The molecule has 0 saturated heterocycles. The van der Waals surface area contributed by atoms with Crippen molar-refractivity contribution in [2.24, 2.45) is 0 Å². The molecule has 0 heterocycles. The molecule has 1 aliphatic rings. The molecule has 0 aliphatic heterocycles. The Bertz CT molecular complexity index is 1080. The van der Waals surface area contributed by atoms with Gasteiger partial charge in [0.15, 0.2) is 0 Å². The Hall–Kier alpha value is -3.35. The van der Waals surface area contributed by atoms with Crippen molar-refractivity contribution in [3.63, 3.8) is 0 Å². The first kappa shape index (κ1) is 17.1. The fourth-order valence-corrected chi connectivity index (χ4v) is 3.72. The molecule has 3 aromatic carbocycles. The fraction of sp³-hybridized carbons (Fsp3) is 0.120. The predicted molar refractivity (Wildman–Crippen MR) is 110 cm³/mol. The van der Waals surface area contributed by atoms with E-state index in [4.69, 9.17) is 4.74 Å². The van der Waals surface area contributed by atoms with Crippen LogP contribution in [-0.4, -0.2) is 12.5 Å². The minimum absolute atomic E-state index is 0.248. The van der Waals surface area contributed by atoms with Crippen molar-refractivity contribution in [2.75, 3.05) is 6.61 Å². The van der Waals surface area contributed by atoms with Gasteiger partial charge in [-0.2, -0.15) is 0 Å². The molecule has 1 unspecified atom stereocenters. The summed E-state index contributed by atoms with van der Waals surface area (Å²) in [6.45, 7) is 2.51. The van der Waals surface area contributed by atoms with Crippen LogP contribution in [0.15, 0.2) is 96.3 Å². The Balaban J connectivity index is 1.99. The van der Waals surface area contributed by atoms with E-state index in [1.165, 1.54) is 10.8 Å². The molecule has 0 bridgehead atoms. The van der Waals surface area contributed by atoms with E-state index in [9.17, 15) is 4.79 Å². The van der Waals surface area contributed by atoms with E-state index < -0.39 is 0 Å². The minimum Gasteiger partial charge on any atom is -0.497 e. The van der Waals surface area contributed by atoms with Crippen molar-refractivity contribution in [3.8, 4) is 0 Å². The van der Waals surface area contributed by atoms with Gasteiger partial charge in [-0.1, -0.05) is 72.8 Å². The van der Waals surface area contributed by atoms with Gasteiger partial charge in [-0.3, -0.25) is 0 Å². The standard InChI is InChI=1S/C25H20O2/c1-2-27-25-23(22-14-8-12-18-9-6-7-13-21(18)22)16-15-20(17-26)24(25)19-10-4-3-5-11-19/h3-16,24H,2H2,1H3. The summed E-state index contributed by atoms with van der Waals surface area (Å²) >= 11 is 0. The molecular weight excluding hydrogens is 332 g/mol. The molecular formula is C25H20O2. The summed E-state index contributed by atoms with van der Waals surface area (Å²) in [5, 5.41) is 2.35. The van der Waals surface area contributed by atoms with Gasteiger partial charge in [0.05, 0.1) is 18.1 Å². The van der Waals surface area contributed by atoms with Gasteiger partial charge in [-0.25, -0.2) is 4.79 Å². The van der Waals surface area contributed by atoms with Gasteiger partial charge < -0.3 is 4.74 Å². The molecule has 0 N–H and O–H groups in total. The topological polar surface area (TPSA) is 26.3 Å². The van der Waals surface area contributed by atoms with Crippen LogP contribution in [-0.2, 0) is 9.53 Å². The van der Waals surface area contributed by atoms with E-state index in [1.54, 1.807) is 0 Å². The Morgan fingerprint density at radius 2 is 1.63 bits per heavy atom. The van der Waals surface area contributed by atoms with Crippen molar-refractivity contribution in [1.82, 2.24) is 0 Å². The quantitative estimate of drug-likeness (QED) is 0.563. The van der Waals surface area contributed by atoms with Crippen LogP contribution in [0.1, 0.15) is 24.0 Å². The third-order valence-corrected chi connectivity index (χ3v) is 4.90. The van der Waals surface area contributed by atoms with Gasteiger partial charge in [0.25, 0.3) is 0 Å². The normalized spacial score (nSPS) is 16.5. The van der Waals surface area contributed by atoms with Crippen LogP contribution in [0.25, 0.3) is 16.3 Å². The summed E-state index contributed by atoms with van der Waals surface area (Å²) < 4.78 is 6.13. The van der Waals surface area contributed by atoms with Gasteiger partial charge >= 0.3 is 0 Å². The molecule has 27 heavy (non-hydrogen) atoms. The van der Waals surface area contributed by atoms with E-state index >= 15 is 0 Å². The number of hydrogen-bond donors (Lipinski definition) is 0. The first-order valence-corrected chi connectivity index (χ1v) is 9.16. The van der Waals surface area contributed by atoms with E-state index in [0.717, 1.165) is 22.5 Å². The zero-order valence-corrected chi connectivity index (χ0v) is 15.2. The van der Waals surface area contributed by atoms with Crippen LogP contribution >= 0.6 is 0 Å². The van der Waals surface area contributed by atoms with Gasteiger partial charge in [-0.05, 0) is 41.0 Å². The summed E-state index contributed by atoms with van der Waals surface area (Å²) in [5.41, 5.74) is 3.75. The molecule has 0 saturated carbocycles. The highest BCUT2D eigenvalue weighted by atomic mass is 16.5. The van der Waals surface area contributed by atoms with Crippen LogP contribution < -0.4 is 0 Å². The predicted octanol–water partition coefficient (Wildman–Crippen LogP) is 5.70. The van der Waals surface area contributed by atoms with Crippen LogP contribution in [0.2, 0.25) is 0 Å². The van der Waals surface area contributed by atoms with Crippen molar-refractivity contribution in [3.05, 3.63) is 107 Å². The monoisotopic (exact) mass is 352 g/mol. The highest BCUT2D eigenvalue weighted by Crippen LogP contribution is 2.42. The summed E-state index contributed by atoms with van der Waals surface area (Å²) in [5.74, 6) is 2.67. The number of rotatable bonds is 4. The lowest BCUT2D eigenvalue weighted by atomic mass is 9.81. The zero-order chi connectivity index (χ0) is 18.6. The number of allylic oxidation sites excluding steroid dienone is 4. The van der Waals surface area contributed by atoms with Crippen LogP contribution in [0, 0.1) is 0 Å². The molecule has 132 valence electrons. The van der Waals surface area contributed by atoms with E-state index in [2.05, 4.69) is 36.3 Å². The largest absolute Gasteiger partial charge is 0.497 e. The van der Waals surface area contributed by atoms with Crippen molar-refractivity contribution in [2.45, 2.75) is 12.8 Å². The summed E-state index contributed by atoms with van der Waals surface area (Å²) in [6, 6.07) is 24.6. The number of fused-ring (bicyclic) bond motifs is 1. The maximum atomic E-state index is 11.7. The Labute approximate surface area is 159 Å². The van der Waals surface area contributed by atoms with Gasteiger partial charge in [0.1, 0.15) is 11.7 Å². The number of hydrogen-bond acceptors (Lipinski definition) is 2. The lowest BCUT2D eigenvalue weighted by Crippen LogP contribution is -2.14. The molecule has 0 amide bonds. The number of ether oxygens (including phenoxy) is 1. The van der Waals surface area contributed by atoms with E-state index in [0.29, 0.717) is 12.2 Å². The molecule has 2 heteroatoms. The highest BCUT2D eigenvalue weighted by molar-refractivity contribution is 5.98. The molecule has 4 rings (SSSR count). The maximum Gasteiger partial charge on any atom is 0.129 e. The Morgan fingerprint density at radius 1 is 0.889 bits per heavy atom. The second kappa shape index (κ2) is 7.49. The van der Waals surface area contributed by atoms with Crippen molar-refractivity contribution in [1.29, 1.82) is 0 Å². The fourth-order valence-electron chi connectivity index (χ4n) is 3.72. The van der Waals surface area contributed by atoms with Crippen molar-refractivity contribution < 1.29 is 9.53 Å². The van der Waals surface area contributed by atoms with Crippen LogP contribution in [0.4, 0.5) is 0 Å². The molecule has 2 nitrogen and oxygen atoms in total. The molecule has 0 radical (unpaired) electrons. The Morgan fingerprint density at radius 3 is 2.41 bits per heavy atom. The third kappa shape index (κ3) is 3.12. The summed E-state index contributed by atoms with van der Waals surface area (Å²) in [4.78, 5) is 11.7. The molecule has 0 spiro atoms. The lowest BCUT2D eigenvalue weighted by molar-refractivity contribution is 0.216. The second-order valence-corrected chi connectivity index (χ2v) is 6.47. The highest BCUT2D eigenvalue weighted by Gasteiger charge is 2.29. The van der Waals surface area contributed by atoms with Crippen molar-refractivity contribution >= 4 is 22.3 Å². The lowest BCUT2D eigenvalue weighted by Gasteiger charge is -2.26. The first-order valence-electron chi connectivity index (χ1n) is 9.16. The molecule has 1 atom stereocenters. The molecule has 1 aliphatic carbocycles. The summed E-state index contributed by atoms with van der Waals surface area (Å²) in [6.07, 6.45) is 3.84. The SMILES string of the molecule is CCOC1=C(c2cccc3ccccc23)C=CC(=C=O)C1c1ccccc1. The first-order chi connectivity index (χ1) is 13.3. The molecule has 3 aromatic rings. The zero-order valence-electron chi connectivity index (χ0n) is 15.2. The van der Waals surface area contributed by atoms with Crippen LogP contribution in [0.5, 0.6) is 0 Å². The van der Waals surface area contributed by atoms with Crippen LogP contribution in [0.3, 0.4) is 0 Å². The van der Waals surface area contributed by atoms with Gasteiger partial charge in [0, 0.05) is 5.57 Å². The Kier molecular flexibility index (Phi) is 4.74. The smallest absolute Gasteiger partial charge is 0.129 e. The second-order valence-electron chi connectivity index (χ2n) is 6.47. The van der Waals surface area contributed by atoms with E-state index in [1.807, 2.05) is 61.5 Å². The van der Waals surface area contributed by atoms with Gasteiger partial charge in [-0.15, -0.1) is 0 Å². The number of carbonyl (C=O) groups excluding carboxylic acids is 1. The molecule has 0 aromatic heterocycles. The van der Waals surface area contributed by atoms with Gasteiger partial charge in [0.2, 0.25) is 0 Å². The average Bonchev–Trinajstić information content (AvgIpc) is 2.74. The maximum absolute atomic E-state index is 11.7.